The van der Waals surface area contributed by atoms with Gasteiger partial charge in [-0.1, -0.05) is 6.42 Å². The van der Waals surface area contributed by atoms with Gasteiger partial charge in [-0.15, -0.1) is 12.4 Å². The van der Waals surface area contributed by atoms with Crippen molar-refractivity contribution in [3.8, 4) is 0 Å². The zero-order valence-electron chi connectivity index (χ0n) is 15.6. The fraction of sp³-hybridized carbons (Fsp3) is 0.700. The molecule has 5 nitrogen and oxygen atoms in total. The van der Waals surface area contributed by atoms with Crippen LogP contribution in [0.3, 0.4) is 0 Å². The highest BCUT2D eigenvalue weighted by atomic mass is 35.5. The number of fused-ring (bicyclic) bond motifs is 1. The summed E-state index contributed by atoms with van der Waals surface area (Å²) in [6, 6.07) is 1.93. The molecule has 3 atom stereocenters. The first-order valence-corrected chi connectivity index (χ1v) is 9.83. The first-order valence-electron chi connectivity index (χ1n) is 9.83. The molecule has 1 amide bonds. The highest BCUT2D eigenvalue weighted by molar-refractivity contribution is 5.95. The number of piperidine rings is 1. The molecular weight excluding hydrogens is 350 g/mol. The Hall–Kier alpha value is -1.33. The van der Waals surface area contributed by atoms with E-state index in [1.54, 1.807) is 4.57 Å². The van der Waals surface area contributed by atoms with E-state index in [1.165, 1.54) is 19.3 Å². The Morgan fingerprint density at radius 2 is 1.92 bits per heavy atom. The number of likely N-dealkylation sites (tertiary alicyclic amines) is 1. The third kappa shape index (κ3) is 3.70. The molecule has 3 aliphatic rings. The summed E-state index contributed by atoms with van der Waals surface area (Å²) >= 11 is 0. The average molecular weight is 380 g/mol. The van der Waals surface area contributed by atoms with Crippen LogP contribution in [0.4, 0.5) is 0 Å². The number of rotatable bonds is 3. The molecule has 0 radical (unpaired) electrons. The van der Waals surface area contributed by atoms with E-state index in [-0.39, 0.29) is 23.9 Å². The monoisotopic (exact) mass is 379 g/mol. The van der Waals surface area contributed by atoms with Gasteiger partial charge < -0.3 is 14.8 Å². The first-order chi connectivity index (χ1) is 12.1. The van der Waals surface area contributed by atoms with Crippen LogP contribution in [0.1, 0.15) is 48.0 Å². The molecule has 1 unspecified atom stereocenters. The second-order valence-electron chi connectivity index (χ2n) is 8.20. The number of aromatic nitrogens is 1. The van der Waals surface area contributed by atoms with Crippen molar-refractivity contribution in [2.45, 2.75) is 45.6 Å². The lowest BCUT2D eigenvalue weighted by Crippen LogP contribution is -2.39. The molecule has 144 valence electrons. The predicted molar refractivity (Wildman–Crippen MR) is 105 cm³/mol. The van der Waals surface area contributed by atoms with Crippen molar-refractivity contribution in [2.75, 3.05) is 26.2 Å². The summed E-state index contributed by atoms with van der Waals surface area (Å²) in [4.78, 5) is 28.0. The van der Waals surface area contributed by atoms with E-state index < -0.39 is 0 Å². The average Bonchev–Trinajstić information content (AvgIpc) is 3.20. The molecule has 0 aromatic carbocycles. The maximum atomic E-state index is 13.1. The van der Waals surface area contributed by atoms with E-state index >= 15 is 0 Å². The normalized spacial score (nSPS) is 27.9. The van der Waals surface area contributed by atoms with Crippen LogP contribution >= 0.6 is 12.4 Å². The molecule has 2 aliphatic heterocycles. The Morgan fingerprint density at radius 3 is 2.58 bits per heavy atom. The van der Waals surface area contributed by atoms with Crippen molar-refractivity contribution < 1.29 is 4.79 Å². The minimum absolute atomic E-state index is 0. The Kier molecular flexibility index (Phi) is 6.08. The van der Waals surface area contributed by atoms with Crippen molar-refractivity contribution in [3.05, 3.63) is 33.7 Å². The zero-order valence-corrected chi connectivity index (χ0v) is 16.4. The lowest BCUT2D eigenvalue weighted by molar-refractivity contribution is 0.0777. The van der Waals surface area contributed by atoms with Gasteiger partial charge in [0.2, 0.25) is 0 Å². The summed E-state index contributed by atoms with van der Waals surface area (Å²) in [6.45, 7) is 6.29. The molecular formula is C20H30ClN3O2. The molecule has 4 rings (SSSR count). The number of carbonyl (C=O) groups is 1. The summed E-state index contributed by atoms with van der Waals surface area (Å²) in [7, 11) is 0. The molecule has 6 heteroatoms. The number of hydrogen-bond acceptors (Lipinski definition) is 3. The number of halogens is 1. The Balaban J connectivity index is 0.00000196. The van der Waals surface area contributed by atoms with Gasteiger partial charge in [0.25, 0.3) is 11.5 Å². The second-order valence-corrected chi connectivity index (χ2v) is 8.20. The van der Waals surface area contributed by atoms with Gasteiger partial charge >= 0.3 is 0 Å². The SMILES string of the molecule is Cc1ccn(CC2CCCNC2)c(=O)c1C(=O)N1C[C@H]2CCC[C@H]2C1.Cl. The van der Waals surface area contributed by atoms with E-state index in [2.05, 4.69) is 5.32 Å². The van der Waals surface area contributed by atoms with Crippen LogP contribution in [-0.4, -0.2) is 41.6 Å². The number of nitrogens with zero attached hydrogens (tertiary/aromatic N) is 2. The van der Waals surface area contributed by atoms with E-state index in [4.69, 9.17) is 0 Å². The largest absolute Gasteiger partial charge is 0.338 e. The van der Waals surface area contributed by atoms with Crippen LogP contribution in [-0.2, 0) is 6.54 Å². The maximum Gasteiger partial charge on any atom is 0.263 e. The fourth-order valence-corrected chi connectivity index (χ4v) is 4.99. The Morgan fingerprint density at radius 1 is 1.19 bits per heavy atom. The van der Waals surface area contributed by atoms with Crippen LogP contribution in [0.25, 0.3) is 0 Å². The summed E-state index contributed by atoms with van der Waals surface area (Å²) in [6.07, 6.45) is 7.94. The summed E-state index contributed by atoms with van der Waals surface area (Å²) in [5.41, 5.74) is 1.10. The van der Waals surface area contributed by atoms with Crippen molar-refractivity contribution in [1.82, 2.24) is 14.8 Å². The van der Waals surface area contributed by atoms with Crippen molar-refractivity contribution >= 4 is 18.3 Å². The number of hydrogen-bond donors (Lipinski definition) is 1. The minimum Gasteiger partial charge on any atom is -0.338 e. The Labute approximate surface area is 161 Å². The third-order valence-corrected chi connectivity index (χ3v) is 6.45. The standard InChI is InChI=1S/C20H29N3O2.ClH/c1-14-7-9-22(11-15-4-3-8-21-10-15)19(24)18(14)20(25)23-12-16-5-2-6-17(16)13-23;/h7,9,15-17,21H,2-6,8,10-13H2,1H3;1H/t15?,16-,17+;. The molecule has 1 aromatic rings. The summed E-state index contributed by atoms with van der Waals surface area (Å²) < 4.78 is 1.76. The minimum atomic E-state index is -0.104. The fourth-order valence-electron chi connectivity index (χ4n) is 4.99. The maximum absolute atomic E-state index is 13.1. The molecule has 26 heavy (non-hydrogen) atoms. The summed E-state index contributed by atoms with van der Waals surface area (Å²) in [5.74, 6) is 1.74. The highest BCUT2D eigenvalue weighted by Gasteiger charge is 2.39. The molecule has 3 fully saturated rings. The lowest BCUT2D eigenvalue weighted by atomic mass is 9.99. The van der Waals surface area contributed by atoms with Crippen LogP contribution in [0.5, 0.6) is 0 Å². The quantitative estimate of drug-likeness (QED) is 0.877. The van der Waals surface area contributed by atoms with Gasteiger partial charge in [-0.2, -0.15) is 0 Å². The lowest BCUT2D eigenvalue weighted by Gasteiger charge is -2.24. The topological polar surface area (TPSA) is 54.3 Å². The molecule has 3 heterocycles. The van der Waals surface area contributed by atoms with Gasteiger partial charge in [-0.3, -0.25) is 9.59 Å². The number of carbonyl (C=O) groups excluding carboxylic acids is 1. The molecule has 1 saturated carbocycles. The molecule has 2 saturated heterocycles. The van der Waals surface area contributed by atoms with Gasteiger partial charge in [0, 0.05) is 25.8 Å². The van der Waals surface area contributed by atoms with E-state index in [1.807, 2.05) is 24.1 Å². The molecule has 1 aromatic heterocycles. The number of pyridine rings is 1. The smallest absolute Gasteiger partial charge is 0.263 e. The van der Waals surface area contributed by atoms with Gasteiger partial charge in [-0.05, 0) is 75.1 Å². The van der Waals surface area contributed by atoms with Crippen molar-refractivity contribution in [1.29, 1.82) is 0 Å². The second kappa shape index (κ2) is 8.13. The van der Waals surface area contributed by atoms with Crippen LogP contribution in [0, 0.1) is 24.7 Å². The van der Waals surface area contributed by atoms with E-state index in [9.17, 15) is 9.59 Å². The molecule has 1 aliphatic carbocycles. The molecule has 0 spiro atoms. The predicted octanol–water partition coefficient (Wildman–Crippen LogP) is 2.45. The van der Waals surface area contributed by atoms with Crippen LogP contribution in [0.15, 0.2) is 17.1 Å². The Bertz CT molecular complexity index is 699. The van der Waals surface area contributed by atoms with Gasteiger partial charge in [-0.25, -0.2) is 0 Å². The highest BCUT2D eigenvalue weighted by Crippen LogP contribution is 2.38. The zero-order chi connectivity index (χ0) is 17.4. The number of nitrogens with one attached hydrogen (secondary N) is 1. The first kappa shape index (κ1) is 19.4. The van der Waals surface area contributed by atoms with Gasteiger partial charge in [0.05, 0.1) is 0 Å². The van der Waals surface area contributed by atoms with Crippen LogP contribution in [0.2, 0.25) is 0 Å². The molecule has 0 bridgehead atoms. The van der Waals surface area contributed by atoms with E-state index in [0.717, 1.165) is 44.6 Å². The number of amides is 1. The van der Waals surface area contributed by atoms with Crippen molar-refractivity contribution in [2.24, 2.45) is 17.8 Å². The van der Waals surface area contributed by atoms with Crippen LogP contribution < -0.4 is 10.9 Å². The molecule has 1 N–H and O–H groups in total. The van der Waals surface area contributed by atoms with Gasteiger partial charge in [0.1, 0.15) is 5.56 Å². The number of aryl methyl sites for hydroxylation is 1. The van der Waals surface area contributed by atoms with Crippen molar-refractivity contribution in [3.63, 3.8) is 0 Å². The van der Waals surface area contributed by atoms with Gasteiger partial charge in [0.15, 0.2) is 0 Å². The summed E-state index contributed by atoms with van der Waals surface area (Å²) in [5, 5.41) is 3.40. The third-order valence-electron chi connectivity index (χ3n) is 6.45. The van der Waals surface area contributed by atoms with E-state index in [0.29, 0.717) is 29.9 Å².